The van der Waals surface area contributed by atoms with E-state index in [1.165, 1.54) is 7.05 Å². The average molecular weight is 230 g/mol. The van der Waals surface area contributed by atoms with Crippen molar-refractivity contribution in [1.29, 1.82) is 5.26 Å². The summed E-state index contributed by atoms with van der Waals surface area (Å²) in [4.78, 5) is 23.8. The minimum Gasteiger partial charge on any atom is -0.246 e. The first-order valence-corrected chi connectivity index (χ1v) is 4.98. The molecule has 0 bridgehead atoms. The van der Waals surface area contributed by atoms with Crippen LogP contribution in [0.15, 0.2) is 39.9 Å². The van der Waals surface area contributed by atoms with Gasteiger partial charge in [0.2, 0.25) is 0 Å². The molecule has 86 valence electrons. The van der Waals surface area contributed by atoms with E-state index in [9.17, 15) is 9.59 Å². The van der Waals surface area contributed by atoms with Gasteiger partial charge in [-0.25, -0.2) is 23.5 Å². The summed E-state index contributed by atoms with van der Waals surface area (Å²) in [6.45, 7) is -0.148. The number of rotatable bonds is 2. The molecule has 0 amide bonds. The molecule has 0 radical (unpaired) electrons. The minimum atomic E-state index is -0.509. The molecule has 0 aliphatic rings. The Morgan fingerprint density at radius 2 is 1.82 bits per heavy atom. The van der Waals surface area contributed by atoms with Crippen LogP contribution < -0.4 is 11.4 Å². The molecule has 2 rings (SSSR count). The molecule has 0 atom stereocenters. The van der Waals surface area contributed by atoms with Crippen LogP contribution in [0, 0.1) is 11.3 Å². The average Bonchev–Trinajstić information content (AvgIpc) is 2.55. The highest BCUT2D eigenvalue weighted by Crippen LogP contribution is 2.00. The van der Waals surface area contributed by atoms with Crippen molar-refractivity contribution >= 4 is 0 Å². The van der Waals surface area contributed by atoms with Crippen LogP contribution in [0.25, 0.3) is 5.69 Å². The summed E-state index contributed by atoms with van der Waals surface area (Å²) in [5, 5.41) is 8.60. The highest BCUT2D eigenvalue weighted by molar-refractivity contribution is 5.30. The molecule has 6 nitrogen and oxygen atoms in total. The molecule has 2 aromatic rings. The molecule has 6 heteroatoms. The lowest BCUT2D eigenvalue weighted by Gasteiger charge is -1.96. The summed E-state index contributed by atoms with van der Waals surface area (Å²) < 4.78 is 3.27. The van der Waals surface area contributed by atoms with E-state index in [1.807, 2.05) is 6.07 Å². The lowest BCUT2D eigenvalue weighted by Crippen LogP contribution is -2.27. The molecule has 0 saturated carbocycles. The van der Waals surface area contributed by atoms with Gasteiger partial charge in [-0.15, -0.1) is 0 Å². The van der Waals surface area contributed by atoms with Gasteiger partial charge in [-0.1, -0.05) is 18.2 Å². The molecular formula is C11H10N4O2. The highest BCUT2D eigenvalue weighted by atomic mass is 16.2. The summed E-state index contributed by atoms with van der Waals surface area (Å²) in [5.41, 5.74) is -0.475. The monoisotopic (exact) mass is 230 g/mol. The lowest BCUT2D eigenvalue weighted by atomic mass is 10.3. The molecule has 1 heterocycles. The van der Waals surface area contributed by atoms with E-state index in [4.69, 9.17) is 5.26 Å². The van der Waals surface area contributed by atoms with E-state index in [0.717, 1.165) is 13.9 Å². The zero-order chi connectivity index (χ0) is 12.4. The third-order valence-corrected chi connectivity index (χ3v) is 2.48. The predicted octanol–water partition coefficient (Wildman–Crippen LogP) is -0.139. The molecule has 0 aliphatic carbocycles. The van der Waals surface area contributed by atoms with Crippen molar-refractivity contribution in [2.24, 2.45) is 7.05 Å². The Labute approximate surface area is 96.5 Å². The van der Waals surface area contributed by atoms with Gasteiger partial charge in [0.1, 0.15) is 6.54 Å². The first-order valence-electron chi connectivity index (χ1n) is 4.98. The number of para-hydroxylation sites is 1. The fourth-order valence-electron chi connectivity index (χ4n) is 1.61. The maximum atomic E-state index is 12.0. The van der Waals surface area contributed by atoms with Gasteiger partial charge < -0.3 is 0 Å². The predicted molar refractivity (Wildman–Crippen MR) is 60.9 cm³/mol. The van der Waals surface area contributed by atoms with E-state index in [0.29, 0.717) is 5.69 Å². The quantitative estimate of drug-likeness (QED) is 0.720. The van der Waals surface area contributed by atoms with E-state index in [1.54, 1.807) is 30.3 Å². The molecule has 0 fully saturated rings. The van der Waals surface area contributed by atoms with Crippen LogP contribution in [0.4, 0.5) is 0 Å². The molecular weight excluding hydrogens is 220 g/mol. The van der Waals surface area contributed by atoms with Gasteiger partial charge in [0.05, 0.1) is 11.8 Å². The first-order chi connectivity index (χ1) is 8.16. The number of benzene rings is 1. The third-order valence-electron chi connectivity index (χ3n) is 2.48. The third kappa shape index (κ3) is 1.67. The van der Waals surface area contributed by atoms with Crippen molar-refractivity contribution in [1.82, 2.24) is 13.9 Å². The lowest BCUT2D eigenvalue weighted by molar-refractivity contribution is 0.535. The number of hydrogen-bond donors (Lipinski definition) is 0. The fourth-order valence-corrected chi connectivity index (χ4v) is 1.61. The SMILES string of the molecule is Cn1c(=O)n(-c2ccccc2)c(=O)n1CC#N. The molecule has 0 aliphatic heterocycles. The molecule has 0 unspecified atom stereocenters. The van der Waals surface area contributed by atoms with Gasteiger partial charge in [0, 0.05) is 7.05 Å². The Bertz CT molecular complexity index is 685. The summed E-state index contributed by atoms with van der Waals surface area (Å²) in [5.74, 6) is 0. The Hall–Kier alpha value is -2.55. The molecule has 0 saturated heterocycles. The standard InChI is InChI=1S/C11H10N4O2/c1-13-10(16)15(9-5-3-2-4-6-9)11(17)14(13)8-7-12/h2-6H,8H2,1H3. The topological polar surface area (TPSA) is 72.7 Å². The van der Waals surface area contributed by atoms with Crippen LogP contribution in [0.3, 0.4) is 0 Å². The Morgan fingerprint density at radius 1 is 1.18 bits per heavy atom. The van der Waals surface area contributed by atoms with Crippen LogP contribution in [-0.4, -0.2) is 13.9 Å². The number of nitriles is 1. The normalized spacial score (nSPS) is 10.1. The van der Waals surface area contributed by atoms with Gasteiger partial charge >= 0.3 is 11.4 Å². The smallest absolute Gasteiger partial charge is 0.246 e. The van der Waals surface area contributed by atoms with Crippen molar-refractivity contribution in [2.75, 3.05) is 0 Å². The molecule has 0 N–H and O–H groups in total. The zero-order valence-corrected chi connectivity index (χ0v) is 9.20. The molecule has 17 heavy (non-hydrogen) atoms. The van der Waals surface area contributed by atoms with Crippen LogP contribution in [0.1, 0.15) is 0 Å². The van der Waals surface area contributed by atoms with Gasteiger partial charge in [-0.05, 0) is 12.1 Å². The molecule has 0 spiro atoms. The van der Waals surface area contributed by atoms with Crippen molar-refractivity contribution in [3.8, 4) is 11.8 Å². The summed E-state index contributed by atoms with van der Waals surface area (Å²) in [6.07, 6.45) is 0. The summed E-state index contributed by atoms with van der Waals surface area (Å²) in [6, 6.07) is 10.5. The maximum Gasteiger partial charge on any atom is 0.352 e. The Balaban J connectivity index is 2.74. The first kappa shape index (κ1) is 11.0. The van der Waals surface area contributed by atoms with Gasteiger partial charge in [0.25, 0.3) is 0 Å². The second kappa shape index (κ2) is 4.14. The molecule has 1 aromatic heterocycles. The second-order valence-electron chi connectivity index (χ2n) is 3.48. The highest BCUT2D eigenvalue weighted by Gasteiger charge is 2.13. The van der Waals surface area contributed by atoms with Crippen LogP contribution in [0.5, 0.6) is 0 Å². The van der Waals surface area contributed by atoms with Gasteiger partial charge in [-0.3, -0.25) is 0 Å². The van der Waals surface area contributed by atoms with Crippen molar-refractivity contribution in [3.05, 3.63) is 51.3 Å². The van der Waals surface area contributed by atoms with E-state index in [2.05, 4.69) is 0 Å². The van der Waals surface area contributed by atoms with Gasteiger partial charge in [0.15, 0.2) is 0 Å². The number of nitrogens with zero attached hydrogens (tertiary/aromatic N) is 4. The van der Waals surface area contributed by atoms with E-state index >= 15 is 0 Å². The minimum absolute atomic E-state index is 0.148. The van der Waals surface area contributed by atoms with Crippen LogP contribution in [-0.2, 0) is 13.6 Å². The number of hydrogen-bond acceptors (Lipinski definition) is 3. The van der Waals surface area contributed by atoms with E-state index < -0.39 is 11.4 Å². The van der Waals surface area contributed by atoms with Crippen LogP contribution in [0.2, 0.25) is 0 Å². The summed E-state index contributed by atoms with van der Waals surface area (Å²) in [7, 11) is 1.46. The number of aromatic nitrogens is 3. The van der Waals surface area contributed by atoms with Crippen molar-refractivity contribution < 1.29 is 0 Å². The molecule has 1 aromatic carbocycles. The second-order valence-corrected chi connectivity index (χ2v) is 3.48. The van der Waals surface area contributed by atoms with Crippen molar-refractivity contribution in [2.45, 2.75) is 6.54 Å². The fraction of sp³-hybridized carbons (Fsp3) is 0.182. The van der Waals surface area contributed by atoms with Crippen molar-refractivity contribution in [3.63, 3.8) is 0 Å². The van der Waals surface area contributed by atoms with Gasteiger partial charge in [-0.2, -0.15) is 5.26 Å². The largest absolute Gasteiger partial charge is 0.352 e. The zero-order valence-electron chi connectivity index (χ0n) is 9.20. The van der Waals surface area contributed by atoms with Crippen LogP contribution >= 0.6 is 0 Å². The summed E-state index contributed by atoms with van der Waals surface area (Å²) >= 11 is 0. The maximum absolute atomic E-state index is 12.0. The Kier molecular flexibility index (Phi) is 2.66. The Morgan fingerprint density at radius 3 is 2.41 bits per heavy atom. The van der Waals surface area contributed by atoms with E-state index in [-0.39, 0.29) is 6.54 Å².